The monoisotopic (exact) mass is 221 g/mol. The van der Waals surface area contributed by atoms with Crippen molar-refractivity contribution in [2.24, 2.45) is 0 Å². The van der Waals surface area contributed by atoms with E-state index in [1.165, 1.54) is 12.8 Å². The summed E-state index contributed by atoms with van der Waals surface area (Å²) in [6.45, 7) is 6.03. The van der Waals surface area contributed by atoms with Crippen molar-refractivity contribution in [2.45, 2.75) is 52.1 Å². The van der Waals surface area contributed by atoms with E-state index in [2.05, 4.69) is 16.9 Å². The first-order chi connectivity index (χ1) is 7.61. The Labute approximate surface area is 96.2 Å². The molecule has 1 aromatic rings. The van der Waals surface area contributed by atoms with Gasteiger partial charge in [-0.15, -0.1) is 0 Å². The average molecular weight is 221 g/mol. The third-order valence-corrected chi connectivity index (χ3v) is 2.99. The van der Waals surface area contributed by atoms with Crippen LogP contribution >= 0.6 is 0 Å². The van der Waals surface area contributed by atoms with Gasteiger partial charge in [-0.1, -0.05) is 6.92 Å². The molecule has 2 N–H and O–H groups in total. The first-order valence-electron chi connectivity index (χ1n) is 5.92. The van der Waals surface area contributed by atoms with Crippen LogP contribution in [0.2, 0.25) is 0 Å². The zero-order chi connectivity index (χ0) is 11.7. The van der Waals surface area contributed by atoms with E-state index in [0.29, 0.717) is 17.6 Å². The molecule has 2 rings (SSSR count). The van der Waals surface area contributed by atoms with Gasteiger partial charge in [-0.05, 0) is 33.1 Å². The van der Waals surface area contributed by atoms with Crippen LogP contribution < -0.4 is 10.5 Å². The first kappa shape index (κ1) is 11.2. The lowest BCUT2D eigenvalue weighted by Gasteiger charge is -2.15. The Bertz CT molecular complexity index is 388. The topological polar surface area (TPSA) is 61.0 Å². The van der Waals surface area contributed by atoms with Gasteiger partial charge >= 0.3 is 0 Å². The summed E-state index contributed by atoms with van der Waals surface area (Å²) in [6.07, 6.45) is 3.47. The standard InChI is InChI=1S/C12H19N3O/c1-4-7(2)16-12-8(3)10(13)14-11(15-12)9-5-6-9/h7,9H,4-6H2,1-3H3,(H2,13,14,15). The number of ether oxygens (including phenoxy) is 1. The minimum atomic E-state index is 0.167. The summed E-state index contributed by atoms with van der Waals surface area (Å²) in [5.74, 6) is 2.56. The van der Waals surface area contributed by atoms with Gasteiger partial charge in [0.05, 0.1) is 11.7 Å². The molecule has 16 heavy (non-hydrogen) atoms. The molecule has 1 fully saturated rings. The molecule has 1 aromatic heterocycles. The second kappa shape index (κ2) is 4.28. The van der Waals surface area contributed by atoms with Crippen LogP contribution in [0.1, 0.15) is 50.4 Å². The fourth-order valence-electron chi connectivity index (χ4n) is 1.44. The second-order valence-electron chi connectivity index (χ2n) is 4.51. The van der Waals surface area contributed by atoms with Crippen LogP contribution in [0.15, 0.2) is 0 Å². The Kier molecular flexibility index (Phi) is 2.99. The van der Waals surface area contributed by atoms with Crippen molar-refractivity contribution in [3.05, 3.63) is 11.4 Å². The molecule has 1 unspecified atom stereocenters. The molecule has 0 saturated heterocycles. The Morgan fingerprint density at radius 2 is 2.12 bits per heavy atom. The van der Waals surface area contributed by atoms with Crippen LogP contribution in [-0.4, -0.2) is 16.1 Å². The Hall–Kier alpha value is -1.32. The highest BCUT2D eigenvalue weighted by atomic mass is 16.5. The molecule has 0 bridgehead atoms. The number of nitrogens with zero attached hydrogens (tertiary/aromatic N) is 2. The molecule has 88 valence electrons. The van der Waals surface area contributed by atoms with Gasteiger partial charge in [0, 0.05) is 5.92 Å². The van der Waals surface area contributed by atoms with E-state index in [1.54, 1.807) is 0 Å². The molecule has 0 amide bonds. The van der Waals surface area contributed by atoms with Gasteiger partial charge in [0.25, 0.3) is 0 Å². The maximum atomic E-state index is 5.87. The van der Waals surface area contributed by atoms with Gasteiger partial charge < -0.3 is 10.5 Å². The minimum absolute atomic E-state index is 0.167. The SMILES string of the molecule is CCC(C)Oc1nc(C2CC2)nc(N)c1C. The number of aromatic nitrogens is 2. The summed E-state index contributed by atoms with van der Waals surface area (Å²) in [4.78, 5) is 8.78. The molecular weight excluding hydrogens is 202 g/mol. The van der Waals surface area contributed by atoms with Gasteiger partial charge in [0.15, 0.2) is 0 Å². The highest BCUT2D eigenvalue weighted by Crippen LogP contribution is 2.39. The van der Waals surface area contributed by atoms with Crippen molar-refractivity contribution in [1.82, 2.24) is 9.97 Å². The average Bonchev–Trinajstić information content (AvgIpc) is 3.07. The second-order valence-corrected chi connectivity index (χ2v) is 4.51. The predicted octanol–water partition coefficient (Wildman–Crippen LogP) is 2.42. The third kappa shape index (κ3) is 2.26. The number of hydrogen-bond donors (Lipinski definition) is 1. The van der Waals surface area contributed by atoms with E-state index >= 15 is 0 Å². The number of nitrogen functional groups attached to an aromatic ring is 1. The quantitative estimate of drug-likeness (QED) is 0.848. The molecular formula is C12H19N3O. The van der Waals surface area contributed by atoms with Crippen LogP contribution in [0.3, 0.4) is 0 Å². The van der Waals surface area contributed by atoms with Crippen LogP contribution in [0.25, 0.3) is 0 Å². The lowest BCUT2D eigenvalue weighted by molar-refractivity contribution is 0.206. The van der Waals surface area contributed by atoms with Crippen molar-refractivity contribution >= 4 is 5.82 Å². The molecule has 1 atom stereocenters. The minimum Gasteiger partial charge on any atom is -0.474 e. The van der Waals surface area contributed by atoms with Crippen molar-refractivity contribution in [3.63, 3.8) is 0 Å². The van der Waals surface area contributed by atoms with E-state index in [4.69, 9.17) is 10.5 Å². The molecule has 0 aliphatic heterocycles. The van der Waals surface area contributed by atoms with E-state index in [1.807, 2.05) is 13.8 Å². The van der Waals surface area contributed by atoms with E-state index in [0.717, 1.165) is 17.8 Å². The van der Waals surface area contributed by atoms with Gasteiger partial charge in [-0.3, -0.25) is 0 Å². The Morgan fingerprint density at radius 3 is 2.69 bits per heavy atom. The summed E-state index contributed by atoms with van der Waals surface area (Å²) in [6, 6.07) is 0. The maximum Gasteiger partial charge on any atom is 0.222 e. The Morgan fingerprint density at radius 1 is 1.44 bits per heavy atom. The van der Waals surface area contributed by atoms with Gasteiger partial charge in [0.1, 0.15) is 11.6 Å². The normalized spacial score (nSPS) is 17.2. The number of hydrogen-bond acceptors (Lipinski definition) is 4. The summed E-state index contributed by atoms with van der Waals surface area (Å²) in [5, 5.41) is 0. The number of rotatable bonds is 4. The lowest BCUT2D eigenvalue weighted by Crippen LogP contribution is -2.14. The molecule has 0 spiro atoms. The van der Waals surface area contributed by atoms with Crippen molar-refractivity contribution in [2.75, 3.05) is 5.73 Å². The molecule has 0 aromatic carbocycles. The number of anilines is 1. The van der Waals surface area contributed by atoms with Gasteiger partial charge in [-0.2, -0.15) is 4.98 Å². The largest absolute Gasteiger partial charge is 0.474 e. The fraction of sp³-hybridized carbons (Fsp3) is 0.667. The molecule has 1 heterocycles. The molecule has 0 radical (unpaired) electrons. The third-order valence-electron chi connectivity index (χ3n) is 2.99. The van der Waals surface area contributed by atoms with Crippen LogP contribution in [0.4, 0.5) is 5.82 Å². The lowest BCUT2D eigenvalue weighted by atomic mass is 10.3. The van der Waals surface area contributed by atoms with Crippen LogP contribution in [0, 0.1) is 6.92 Å². The van der Waals surface area contributed by atoms with Gasteiger partial charge in [-0.25, -0.2) is 4.98 Å². The van der Waals surface area contributed by atoms with Crippen molar-refractivity contribution < 1.29 is 4.74 Å². The smallest absolute Gasteiger partial charge is 0.222 e. The summed E-state index contributed by atoms with van der Waals surface area (Å²) in [5.41, 5.74) is 6.72. The van der Waals surface area contributed by atoms with Gasteiger partial charge in [0.2, 0.25) is 5.88 Å². The molecule has 1 aliphatic rings. The molecule has 1 aliphatic carbocycles. The van der Waals surface area contributed by atoms with Crippen molar-refractivity contribution in [3.8, 4) is 5.88 Å². The summed E-state index contributed by atoms with van der Waals surface area (Å²) >= 11 is 0. The van der Waals surface area contributed by atoms with E-state index < -0.39 is 0 Å². The number of nitrogens with two attached hydrogens (primary N) is 1. The molecule has 1 saturated carbocycles. The van der Waals surface area contributed by atoms with Crippen molar-refractivity contribution in [1.29, 1.82) is 0 Å². The highest BCUT2D eigenvalue weighted by molar-refractivity contribution is 5.45. The maximum absolute atomic E-state index is 5.87. The summed E-state index contributed by atoms with van der Waals surface area (Å²) in [7, 11) is 0. The van der Waals surface area contributed by atoms with E-state index in [9.17, 15) is 0 Å². The Balaban J connectivity index is 2.27. The summed E-state index contributed by atoms with van der Waals surface area (Å²) < 4.78 is 5.76. The zero-order valence-corrected chi connectivity index (χ0v) is 10.2. The highest BCUT2D eigenvalue weighted by Gasteiger charge is 2.28. The van der Waals surface area contributed by atoms with E-state index in [-0.39, 0.29) is 6.10 Å². The molecule has 4 heteroatoms. The first-order valence-corrected chi connectivity index (χ1v) is 5.92. The zero-order valence-electron chi connectivity index (χ0n) is 10.2. The fourth-order valence-corrected chi connectivity index (χ4v) is 1.44. The predicted molar refractivity (Wildman–Crippen MR) is 63.5 cm³/mol. The van der Waals surface area contributed by atoms with Crippen LogP contribution in [0.5, 0.6) is 5.88 Å². The van der Waals surface area contributed by atoms with Crippen LogP contribution in [-0.2, 0) is 0 Å². The molecule has 4 nitrogen and oxygen atoms in total.